The summed E-state index contributed by atoms with van der Waals surface area (Å²) in [5, 5.41) is 0. The van der Waals surface area contributed by atoms with Gasteiger partial charge in [0, 0.05) is 17.0 Å². The molecule has 0 spiro atoms. The summed E-state index contributed by atoms with van der Waals surface area (Å²) in [7, 11) is 1.31. The molecule has 0 unspecified atom stereocenters. The van der Waals surface area contributed by atoms with Gasteiger partial charge in [0.1, 0.15) is 5.82 Å². The molecule has 15 heavy (non-hydrogen) atoms. The molecular weight excluding hydrogens is 202 g/mol. The van der Waals surface area contributed by atoms with Crippen LogP contribution >= 0.6 is 0 Å². The Hall–Kier alpha value is -1.16. The van der Waals surface area contributed by atoms with Crippen LogP contribution in [0.5, 0.6) is 5.75 Å². The van der Waals surface area contributed by atoms with E-state index >= 15 is 0 Å². The molecule has 0 radical (unpaired) electrons. The Morgan fingerprint density at radius 3 is 2.40 bits per heavy atom. The summed E-state index contributed by atoms with van der Waals surface area (Å²) in [4.78, 5) is 0. The minimum atomic E-state index is -0.540. The molecule has 82 valence electrons. The Balaban J connectivity index is 2.45. The molecule has 1 heterocycles. The predicted octanol–water partition coefficient (Wildman–Crippen LogP) is 2.26. The van der Waals surface area contributed by atoms with Gasteiger partial charge < -0.3 is 9.47 Å². The van der Waals surface area contributed by atoms with E-state index in [1.807, 2.05) is 6.92 Å². The van der Waals surface area contributed by atoms with Crippen molar-refractivity contribution in [1.29, 1.82) is 0 Å². The first-order chi connectivity index (χ1) is 7.07. The van der Waals surface area contributed by atoms with Crippen molar-refractivity contribution in [2.75, 3.05) is 20.3 Å². The molecule has 1 aliphatic heterocycles. The van der Waals surface area contributed by atoms with Crippen LogP contribution in [0.3, 0.4) is 0 Å². The summed E-state index contributed by atoms with van der Waals surface area (Å²) < 4.78 is 36.7. The standard InChI is InChI=1S/C11H12F2O2/c1-11(5-15-6-11)7-3-9(13)10(14-2)4-8(7)12/h3-4H,5-6H2,1-2H3. The van der Waals surface area contributed by atoms with Gasteiger partial charge in [-0.3, -0.25) is 0 Å². The lowest BCUT2D eigenvalue weighted by atomic mass is 9.80. The average Bonchev–Trinajstić information content (AvgIpc) is 2.17. The van der Waals surface area contributed by atoms with E-state index in [0.717, 1.165) is 6.07 Å². The van der Waals surface area contributed by atoms with E-state index in [1.165, 1.54) is 13.2 Å². The van der Waals surface area contributed by atoms with E-state index in [1.54, 1.807) is 0 Å². The minimum Gasteiger partial charge on any atom is -0.494 e. The van der Waals surface area contributed by atoms with Gasteiger partial charge >= 0.3 is 0 Å². The SMILES string of the molecule is COc1cc(F)c(C2(C)COC2)cc1F. The summed E-state index contributed by atoms with van der Waals surface area (Å²) in [6, 6.07) is 2.27. The van der Waals surface area contributed by atoms with Crippen molar-refractivity contribution in [2.45, 2.75) is 12.3 Å². The first kappa shape index (κ1) is 10.4. The normalized spacial score (nSPS) is 18.4. The third-order valence-corrected chi connectivity index (χ3v) is 2.73. The van der Waals surface area contributed by atoms with Crippen LogP contribution < -0.4 is 4.74 Å². The Labute approximate surface area is 86.8 Å². The molecule has 2 rings (SSSR count). The zero-order valence-corrected chi connectivity index (χ0v) is 8.64. The second-order valence-electron chi connectivity index (χ2n) is 4.02. The van der Waals surface area contributed by atoms with Crippen LogP contribution in [-0.2, 0) is 10.2 Å². The molecule has 0 amide bonds. The van der Waals surface area contributed by atoms with Crippen molar-refractivity contribution in [1.82, 2.24) is 0 Å². The molecule has 1 aromatic rings. The second-order valence-corrected chi connectivity index (χ2v) is 4.02. The molecule has 0 bridgehead atoms. The molecule has 0 N–H and O–H groups in total. The lowest BCUT2D eigenvalue weighted by molar-refractivity contribution is -0.0517. The van der Waals surface area contributed by atoms with Gasteiger partial charge in [0.25, 0.3) is 0 Å². The fourth-order valence-corrected chi connectivity index (χ4v) is 1.71. The molecule has 0 atom stereocenters. The molecule has 0 aliphatic carbocycles. The smallest absolute Gasteiger partial charge is 0.165 e. The van der Waals surface area contributed by atoms with Crippen LogP contribution in [0.15, 0.2) is 12.1 Å². The zero-order chi connectivity index (χ0) is 11.1. The molecule has 0 aromatic heterocycles. The quantitative estimate of drug-likeness (QED) is 0.751. The lowest BCUT2D eigenvalue weighted by Gasteiger charge is -2.38. The molecule has 1 aliphatic rings. The van der Waals surface area contributed by atoms with Gasteiger partial charge in [-0.2, -0.15) is 0 Å². The Bertz CT molecular complexity index is 386. The molecule has 1 fully saturated rings. The third-order valence-electron chi connectivity index (χ3n) is 2.73. The van der Waals surface area contributed by atoms with Gasteiger partial charge in [-0.1, -0.05) is 6.92 Å². The van der Waals surface area contributed by atoms with E-state index in [-0.39, 0.29) is 5.75 Å². The van der Waals surface area contributed by atoms with E-state index in [9.17, 15) is 8.78 Å². The van der Waals surface area contributed by atoms with Crippen LogP contribution in [0.4, 0.5) is 8.78 Å². The maximum Gasteiger partial charge on any atom is 0.165 e. The summed E-state index contributed by atoms with van der Waals surface area (Å²) in [5.74, 6) is -1.05. The summed E-state index contributed by atoms with van der Waals surface area (Å²) >= 11 is 0. The van der Waals surface area contributed by atoms with Gasteiger partial charge in [-0.25, -0.2) is 8.78 Å². The van der Waals surface area contributed by atoms with Crippen LogP contribution in [0, 0.1) is 11.6 Å². The minimum absolute atomic E-state index is 0.0694. The number of hydrogen-bond acceptors (Lipinski definition) is 2. The number of benzene rings is 1. The van der Waals surface area contributed by atoms with Gasteiger partial charge in [0.2, 0.25) is 0 Å². The Kier molecular flexibility index (Phi) is 2.38. The van der Waals surface area contributed by atoms with Crippen LogP contribution in [0.25, 0.3) is 0 Å². The van der Waals surface area contributed by atoms with Crippen LogP contribution in [0.1, 0.15) is 12.5 Å². The second kappa shape index (κ2) is 3.45. The van der Waals surface area contributed by atoms with Crippen molar-refractivity contribution in [3.63, 3.8) is 0 Å². The van der Waals surface area contributed by atoms with E-state index < -0.39 is 17.0 Å². The van der Waals surface area contributed by atoms with Crippen molar-refractivity contribution >= 4 is 0 Å². The average molecular weight is 214 g/mol. The van der Waals surface area contributed by atoms with Crippen LogP contribution in [-0.4, -0.2) is 20.3 Å². The number of methoxy groups -OCH3 is 1. The monoisotopic (exact) mass is 214 g/mol. The highest BCUT2D eigenvalue weighted by Gasteiger charge is 2.38. The molecule has 4 heteroatoms. The lowest BCUT2D eigenvalue weighted by Crippen LogP contribution is -2.44. The van der Waals surface area contributed by atoms with Gasteiger partial charge in [0.05, 0.1) is 20.3 Å². The van der Waals surface area contributed by atoms with E-state index in [4.69, 9.17) is 9.47 Å². The van der Waals surface area contributed by atoms with Crippen molar-refractivity contribution in [3.05, 3.63) is 29.3 Å². The number of rotatable bonds is 2. The van der Waals surface area contributed by atoms with Gasteiger partial charge in [-0.05, 0) is 6.07 Å². The molecule has 1 saturated heterocycles. The summed E-state index contributed by atoms with van der Waals surface area (Å²) in [6.07, 6.45) is 0. The number of halogens is 2. The van der Waals surface area contributed by atoms with Crippen molar-refractivity contribution in [3.8, 4) is 5.75 Å². The topological polar surface area (TPSA) is 18.5 Å². The molecule has 0 saturated carbocycles. The summed E-state index contributed by atoms with van der Waals surface area (Å²) in [6.45, 7) is 2.70. The fourth-order valence-electron chi connectivity index (χ4n) is 1.71. The highest BCUT2D eigenvalue weighted by Crippen LogP contribution is 2.35. The molecular formula is C11H12F2O2. The van der Waals surface area contributed by atoms with Gasteiger partial charge in [0.15, 0.2) is 11.6 Å². The zero-order valence-electron chi connectivity index (χ0n) is 8.64. The maximum absolute atomic E-state index is 13.6. The highest BCUT2D eigenvalue weighted by atomic mass is 19.1. The predicted molar refractivity (Wildman–Crippen MR) is 51.1 cm³/mol. The van der Waals surface area contributed by atoms with E-state index in [0.29, 0.717) is 18.8 Å². The first-order valence-electron chi connectivity index (χ1n) is 4.68. The number of ether oxygens (including phenoxy) is 2. The maximum atomic E-state index is 13.6. The fraction of sp³-hybridized carbons (Fsp3) is 0.455. The van der Waals surface area contributed by atoms with Crippen molar-refractivity contribution in [2.24, 2.45) is 0 Å². The van der Waals surface area contributed by atoms with E-state index in [2.05, 4.69) is 0 Å². The summed E-state index contributed by atoms with van der Waals surface area (Å²) in [5.41, 5.74) is -0.0518. The molecule has 1 aromatic carbocycles. The van der Waals surface area contributed by atoms with Crippen LogP contribution in [0.2, 0.25) is 0 Å². The van der Waals surface area contributed by atoms with Gasteiger partial charge in [-0.15, -0.1) is 0 Å². The Morgan fingerprint density at radius 2 is 1.93 bits per heavy atom. The highest BCUT2D eigenvalue weighted by molar-refractivity contribution is 5.36. The largest absolute Gasteiger partial charge is 0.494 e. The number of hydrogen-bond donors (Lipinski definition) is 0. The first-order valence-corrected chi connectivity index (χ1v) is 4.68. The Morgan fingerprint density at radius 1 is 1.27 bits per heavy atom. The third kappa shape index (κ3) is 1.59. The van der Waals surface area contributed by atoms with Crippen molar-refractivity contribution < 1.29 is 18.3 Å². The molecule has 2 nitrogen and oxygen atoms in total.